The molecule has 0 aromatic heterocycles. The molecule has 29 heavy (non-hydrogen) atoms. The fourth-order valence-electron chi connectivity index (χ4n) is 2.88. The minimum Gasteiger partial charge on any atom is -0.421 e. The number of carbonyl (C=O) groups excluding carboxylic acids is 1. The number of anilines is 1. The normalized spacial score (nSPS) is 11.3. The van der Waals surface area contributed by atoms with E-state index in [1.54, 1.807) is 68.4 Å². The van der Waals surface area contributed by atoms with E-state index in [-0.39, 0.29) is 16.3 Å². The van der Waals surface area contributed by atoms with Crippen molar-refractivity contribution in [2.24, 2.45) is 0 Å². The molecular formula is C22H20ClNO4S. The molecule has 3 aromatic carbocycles. The number of rotatable bonds is 6. The van der Waals surface area contributed by atoms with E-state index >= 15 is 0 Å². The van der Waals surface area contributed by atoms with Crippen LogP contribution in [0.15, 0.2) is 83.8 Å². The third kappa shape index (κ3) is 4.60. The van der Waals surface area contributed by atoms with E-state index in [1.807, 2.05) is 0 Å². The van der Waals surface area contributed by atoms with Crippen LogP contribution in [0.4, 0.5) is 5.69 Å². The summed E-state index contributed by atoms with van der Waals surface area (Å²) in [5, 5.41) is 0.324. The number of ether oxygens (including phenoxy) is 1. The summed E-state index contributed by atoms with van der Waals surface area (Å²) < 4.78 is 33.4. The van der Waals surface area contributed by atoms with Crippen molar-refractivity contribution in [2.45, 2.75) is 24.8 Å². The fraction of sp³-hybridized carbons (Fsp3) is 0.136. The molecular weight excluding hydrogens is 410 g/mol. The summed E-state index contributed by atoms with van der Waals surface area (Å²) in [5.74, 6) is -0.533. The predicted octanol–water partition coefficient (Wildman–Crippen LogP) is 5.16. The SMILES string of the molecule is CC(C)N(c1ccc(Cl)cc1OC(=O)c1ccccc1)S(=O)(=O)c1ccccc1. The Morgan fingerprint density at radius 2 is 1.52 bits per heavy atom. The van der Waals surface area contributed by atoms with E-state index in [0.29, 0.717) is 10.6 Å². The Balaban J connectivity index is 2.07. The van der Waals surface area contributed by atoms with Crippen molar-refractivity contribution in [3.63, 3.8) is 0 Å². The Labute approximate surface area is 175 Å². The van der Waals surface area contributed by atoms with E-state index in [9.17, 15) is 13.2 Å². The largest absolute Gasteiger partial charge is 0.421 e. The zero-order chi connectivity index (χ0) is 21.0. The molecule has 3 rings (SSSR count). The Morgan fingerprint density at radius 3 is 2.10 bits per heavy atom. The zero-order valence-corrected chi connectivity index (χ0v) is 17.5. The standard InChI is InChI=1S/C22H20ClNO4S/c1-16(2)24(29(26,27)19-11-7-4-8-12-19)20-14-13-18(23)15-21(20)28-22(25)17-9-5-3-6-10-17/h3-16H,1-2H3. The summed E-state index contributed by atoms with van der Waals surface area (Å²) in [5.41, 5.74) is 0.581. The highest BCUT2D eigenvalue weighted by atomic mass is 35.5. The van der Waals surface area contributed by atoms with Gasteiger partial charge in [-0.25, -0.2) is 13.2 Å². The van der Waals surface area contributed by atoms with E-state index in [2.05, 4.69) is 0 Å². The van der Waals surface area contributed by atoms with E-state index in [1.165, 1.54) is 28.6 Å². The second kappa shape index (κ2) is 8.68. The second-order valence-electron chi connectivity index (χ2n) is 6.58. The minimum atomic E-state index is -3.89. The van der Waals surface area contributed by atoms with Crippen molar-refractivity contribution in [2.75, 3.05) is 4.31 Å². The van der Waals surface area contributed by atoms with E-state index in [4.69, 9.17) is 16.3 Å². The van der Waals surface area contributed by atoms with Crippen LogP contribution >= 0.6 is 11.6 Å². The van der Waals surface area contributed by atoms with Crippen LogP contribution in [0.3, 0.4) is 0 Å². The van der Waals surface area contributed by atoms with Crippen LogP contribution in [0.5, 0.6) is 5.75 Å². The van der Waals surface area contributed by atoms with Crippen LogP contribution in [0.2, 0.25) is 5.02 Å². The number of sulfonamides is 1. The lowest BCUT2D eigenvalue weighted by Gasteiger charge is -2.29. The molecule has 0 saturated carbocycles. The third-order valence-electron chi connectivity index (χ3n) is 4.14. The first-order chi connectivity index (χ1) is 13.8. The van der Waals surface area contributed by atoms with Crippen LogP contribution in [-0.2, 0) is 10.0 Å². The average Bonchev–Trinajstić information content (AvgIpc) is 2.71. The van der Waals surface area contributed by atoms with Crippen molar-refractivity contribution in [1.82, 2.24) is 0 Å². The molecule has 0 saturated heterocycles. The van der Waals surface area contributed by atoms with Crippen LogP contribution in [-0.4, -0.2) is 20.4 Å². The number of hydrogen-bond acceptors (Lipinski definition) is 4. The molecule has 0 amide bonds. The Morgan fingerprint density at radius 1 is 0.931 bits per heavy atom. The molecule has 0 aliphatic rings. The van der Waals surface area contributed by atoms with Gasteiger partial charge in [-0.05, 0) is 50.2 Å². The highest BCUT2D eigenvalue weighted by molar-refractivity contribution is 7.92. The maximum atomic E-state index is 13.3. The van der Waals surface area contributed by atoms with Crippen LogP contribution in [0.1, 0.15) is 24.2 Å². The summed E-state index contributed by atoms with van der Waals surface area (Å²) >= 11 is 6.10. The minimum absolute atomic E-state index is 0.0690. The molecule has 0 bridgehead atoms. The molecule has 0 unspecified atom stereocenters. The fourth-order valence-corrected chi connectivity index (χ4v) is 4.73. The number of nitrogens with zero attached hydrogens (tertiary/aromatic N) is 1. The van der Waals surface area contributed by atoms with Gasteiger partial charge in [-0.15, -0.1) is 0 Å². The van der Waals surface area contributed by atoms with Gasteiger partial charge in [0.1, 0.15) is 0 Å². The molecule has 0 aliphatic carbocycles. The maximum absolute atomic E-state index is 13.3. The molecule has 0 atom stereocenters. The van der Waals surface area contributed by atoms with Crippen LogP contribution in [0.25, 0.3) is 0 Å². The van der Waals surface area contributed by atoms with Gasteiger partial charge in [0.2, 0.25) is 0 Å². The molecule has 0 radical (unpaired) electrons. The Bertz CT molecular complexity index is 1100. The van der Waals surface area contributed by atoms with Gasteiger partial charge in [-0.1, -0.05) is 48.0 Å². The van der Waals surface area contributed by atoms with E-state index in [0.717, 1.165) is 0 Å². The first-order valence-corrected chi connectivity index (χ1v) is 10.8. The van der Waals surface area contributed by atoms with Crippen molar-refractivity contribution >= 4 is 33.3 Å². The Kier molecular flexibility index (Phi) is 6.25. The molecule has 0 spiro atoms. The number of halogens is 1. The second-order valence-corrected chi connectivity index (χ2v) is 8.83. The maximum Gasteiger partial charge on any atom is 0.343 e. The summed E-state index contributed by atoms with van der Waals surface area (Å²) in [6, 6.07) is 20.7. The van der Waals surface area contributed by atoms with Crippen LogP contribution in [0, 0.1) is 0 Å². The lowest BCUT2D eigenvalue weighted by atomic mass is 10.2. The van der Waals surface area contributed by atoms with Crippen molar-refractivity contribution in [3.05, 3.63) is 89.4 Å². The van der Waals surface area contributed by atoms with Gasteiger partial charge in [0.15, 0.2) is 5.75 Å². The van der Waals surface area contributed by atoms with Gasteiger partial charge in [-0.3, -0.25) is 4.31 Å². The molecule has 0 fully saturated rings. The van der Waals surface area contributed by atoms with Gasteiger partial charge in [0, 0.05) is 17.1 Å². The zero-order valence-electron chi connectivity index (χ0n) is 15.9. The molecule has 0 heterocycles. The van der Waals surface area contributed by atoms with Gasteiger partial charge >= 0.3 is 5.97 Å². The van der Waals surface area contributed by atoms with E-state index < -0.39 is 22.0 Å². The average molecular weight is 430 g/mol. The predicted molar refractivity (Wildman–Crippen MR) is 114 cm³/mol. The summed E-state index contributed by atoms with van der Waals surface area (Å²) in [6.45, 7) is 3.50. The number of carbonyl (C=O) groups is 1. The molecule has 3 aromatic rings. The molecule has 7 heteroatoms. The van der Waals surface area contributed by atoms with Crippen molar-refractivity contribution in [1.29, 1.82) is 0 Å². The smallest absolute Gasteiger partial charge is 0.343 e. The number of hydrogen-bond donors (Lipinski definition) is 0. The molecule has 5 nitrogen and oxygen atoms in total. The molecule has 0 N–H and O–H groups in total. The summed E-state index contributed by atoms with van der Waals surface area (Å²) in [4.78, 5) is 12.7. The first kappa shape index (κ1) is 20.9. The lowest BCUT2D eigenvalue weighted by molar-refractivity contribution is 0.0735. The van der Waals surface area contributed by atoms with Gasteiger partial charge in [0.05, 0.1) is 16.1 Å². The summed E-state index contributed by atoms with van der Waals surface area (Å²) in [6.07, 6.45) is 0. The Hall–Kier alpha value is -2.83. The highest BCUT2D eigenvalue weighted by Gasteiger charge is 2.30. The highest BCUT2D eigenvalue weighted by Crippen LogP contribution is 2.36. The lowest BCUT2D eigenvalue weighted by Crippen LogP contribution is -2.37. The monoisotopic (exact) mass is 429 g/mol. The quantitative estimate of drug-likeness (QED) is 0.401. The number of esters is 1. The van der Waals surface area contributed by atoms with Crippen LogP contribution < -0.4 is 9.04 Å². The molecule has 0 aliphatic heterocycles. The van der Waals surface area contributed by atoms with Crippen molar-refractivity contribution in [3.8, 4) is 5.75 Å². The van der Waals surface area contributed by atoms with Gasteiger partial charge in [0.25, 0.3) is 10.0 Å². The van der Waals surface area contributed by atoms with Gasteiger partial charge < -0.3 is 4.74 Å². The number of benzene rings is 3. The van der Waals surface area contributed by atoms with Gasteiger partial charge in [-0.2, -0.15) is 0 Å². The molecule has 150 valence electrons. The topological polar surface area (TPSA) is 63.7 Å². The third-order valence-corrected chi connectivity index (χ3v) is 6.38. The first-order valence-electron chi connectivity index (χ1n) is 8.97. The summed E-state index contributed by atoms with van der Waals surface area (Å²) in [7, 11) is -3.89. The van der Waals surface area contributed by atoms with Crippen molar-refractivity contribution < 1.29 is 17.9 Å².